The summed E-state index contributed by atoms with van der Waals surface area (Å²) in [6.07, 6.45) is 13.6. The lowest BCUT2D eigenvalue weighted by Crippen LogP contribution is -2.50. The third kappa shape index (κ3) is 5.59. The van der Waals surface area contributed by atoms with E-state index in [0.29, 0.717) is 64.3 Å². The van der Waals surface area contributed by atoms with Crippen LogP contribution in [-0.2, 0) is 10.8 Å². The number of nitrogen functional groups attached to an aromatic ring is 3. The lowest BCUT2D eigenvalue weighted by molar-refractivity contribution is -0.0107. The van der Waals surface area contributed by atoms with Gasteiger partial charge in [-0.2, -0.15) is 0 Å². The van der Waals surface area contributed by atoms with Gasteiger partial charge in [0.25, 0.3) is 0 Å². The normalized spacial score (nSPS) is 31.9. The zero-order valence-corrected chi connectivity index (χ0v) is 29.8. The average Bonchev–Trinajstić information content (AvgIpc) is 3.09. The number of anilines is 3. The summed E-state index contributed by atoms with van der Waals surface area (Å²) >= 11 is 0. The quantitative estimate of drug-likeness (QED) is 0.156. The predicted molar refractivity (Wildman–Crippen MR) is 199 cm³/mol. The molecule has 0 aromatic heterocycles. The number of hydrogen-bond acceptors (Lipinski definition) is 6. The number of halogens is 3. The fraction of sp³-hybridized carbons (Fsp3) is 0.455. The summed E-state index contributed by atoms with van der Waals surface area (Å²) in [6, 6.07) is 15.4. The van der Waals surface area contributed by atoms with E-state index in [1.165, 1.54) is 68.9 Å². The summed E-state index contributed by atoms with van der Waals surface area (Å²) in [5.74, 6) is 4.97. The highest BCUT2D eigenvalue weighted by Gasteiger charge is 2.57. The topological polar surface area (TPSA) is 106 Å². The van der Waals surface area contributed by atoms with E-state index in [0.717, 1.165) is 55.4 Å². The Bertz CT molecular complexity index is 2060. The van der Waals surface area contributed by atoms with E-state index in [-0.39, 0.29) is 27.9 Å². The summed E-state index contributed by atoms with van der Waals surface area (Å²) < 4.78 is 64.5. The molecule has 0 aliphatic heterocycles. The van der Waals surface area contributed by atoms with Crippen molar-refractivity contribution in [3.63, 3.8) is 0 Å². The molecule has 9 heteroatoms. The monoisotopic (exact) mass is 721 g/mol. The highest BCUT2D eigenvalue weighted by atomic mass is 19.1. The largest absolute Gasteiger partial charge is 0.457 e. The Hall–Kier alpha value is -4.53. The fourth-order valence-electron chi connectivity index (χ4n) is 12.8. The second kappa shape index (κ2) is 12.0. The van der Waals surface area contributed by atoms with Crippen molar-refractivity contribution in [2.75, 3.05) is 17.2 Å². The van der Waals surface area contributed by atoms with Crippen LogP contribution in [0.15, 0.2) is 60.7 Å². The number of benzene rings is 4. The summed E-state index contributed by atoms with van der Waals surface area (Å²) in [5.41, 5.74) is 19.9. The van der Waals surface area contributed by atoms with Crippen molar-refractivity contribution in [1.82, 2.24) is 0 Å². The first kappa shape index (κ1) is 33.1. The molecule has 4 aromatic rings. The molecule has 8 aliphatic rings. The van der Waals surface area contributed by atoms with Crippen molar-refractivity contribution in [3.05, 3.63) is 89.2 Å². The van der Waals surface area contributed by atoms with E-state index in [4.69, 9.17) is 31.4 Å². The second-order valence-corrected chi connectivity index (χ2v) is 17.7. The van der Waals surface area contributed by atoms with Gasteiger partial charge in [0.15, 0.2) is 11.5 Å². The zero-order valence-electron chi connectivity index (χ0n) is 29.8. The Labute approximate surface area is 308 Å². The van der Waals surface area contributed by atoms with Crippen LogP contribution in [0, 0.1) is 53.0 Å². The van der Waals surface area contributed by atoms with Gasteiger partial charge in [0.1, 0.15) is 40.4 Å². The number of nitrogens with two attached hydrogens (primary N) is 3. The zero-order chi connectivity index (χ0) is 36.2. The Morgan fingerprint density at radius 3 is 1.21 bits per heavy atom. The number of ether oxygens (including phenoxy) is 3. The molecule has 53 heavy (non-hydrogen) atoms. The maximum atomic E-state index is 14.6. The molecule has 8 fully saturated rings. The molecule has 0 amide bonds. The van der Waals surface area contributed by atoms with E-state index in [1.807, 2.05) is 0 Å². The van der Waals surface area contributed by atoms with E-state index < -0.39 is 17.5 Å². The van der Waals surface area contributed by atoms with E-state index >= 15 is 0 Å². The molecular weight excluding hydrogens is 675 g/mol. The first-order valence-corrected chi connectivity index (χ1v) is 19.4. The molecule has 8 saturated carbocycles. The number of hydrogen-bond donors (Lipinski definition) is 3. The smallest absolute Gasteiger partial charge is 0.177 e. The van der Waals surface area contributed by atoms with Gasteiger partial charge < -0.3 is 31.4 Å². The first-order chi connectivity index (χ1) is 25.5. The van der Waals surface area contributed by atoms with Crippen molar-refractivity contribution in [1.29, 1.82) is 0 Å². The highest BCUT2D eigenvalue weighted by Crippen LogP contribution is 2.68. The van der Waals surface area contributed by atoms with Gasteiger partial charge >= 0.3 is 0 Å². The molecule has 0 unspecified atom stereocenters. The minimum Gasteiger partial charge on any atom is -0.457 e. The lowest BCUT2D eigenvalue weighted by Gasteiger charge is -2.59. The Balaban J connectivity index is 1.26. The molecule has 4 aromatic carbocycles. The van der Waals surface area contributed by atoms with Gasteiger partial charge in [-0.05, 0) is 160 Å². The molecule has 8 bridgehead atoms. The van der Waals surface area contributed by atoms with Crippen molar-refractivity contribution in [3.8, 4) is 34.5 Å². The highest BCUT2D eigenvalue weighted by molar-refractivity contribution is 5.67. The second-order valence-electron chi connectivity index (χ2n) is 17.7. The van der Waals surface area contributed by atoms with Crippen LogP contribution in [0.3, 0.4) is 0 Å². The van der Waals surface area contributed by atoms with Crippen molar-refractivity contribution in [2.24, 2.45) is 35.5 Å². The third-order valence-corrected chi connectivity index (χ3v) is 13.9. The molecule has 12 rings (SSSR count). The van der Waals surface area contributed by atoms with Crippen LogP contribution in [0.4, 0.5) is 30.2 Å². The maximum absolute atomic E-state index is 14.6. The molecule has 276 valence electrons. The van der Waals surface area contributed by atoms with Gasteiger partial charge in [-0.25, -0.2) is 13.2 Å². The van der Waals surface area contributed by atoms with Crippen LogP contribution in [0.5, 0.6) is 34.5 Å². The molecule has 0 spiro atoms. The van der Waals surface area contributed by atoms with Gasteiger partial charge in [-0.1, -0.05) is 0 Å². The minimum atomic E-state index is -0.535. The Morgan fingerprint density at radius 2 is 0.811 bits per heavy atom. The van der Waals surface area contributed by atoms with Crippen LogP contribution >= 0.6 is 0 Å². The van der Waals surface area contributed by atoms with Gasteiger partial charge in [-0.15, -0.1) is 0 Å². The fourth-order valence-corrected chi connectivity index (χ4v) is 12.8. The number of rotatable bonds is 8. The summed E-state index contributed by atoms with van der Waals surface area (Å²) in [7, 11) is 0. The van der Waals surface area contributed by atoms with Crippen LogP contribution in [0.1, 0.15) is 88.2 Å². The van der Waals surface area contributed by atoms with Gasteiger partial charge in [-0.3, -0.25) is 0 Å². The van der Waals surface area contributed by atoms with Crippen LogP contribution in [-0.4, -0.2) is 0 Å². The van der Waals surface area contributed by atoms with E-state index in [9.17, 15) is 13.2 Å². The molecular formula is C44H46F3N3O3. The van der Waals surface area contributed by atoms with Crippen LogP contribution in [0.2, 0.25) is 0 Å². The molecule has 8 aliphatic carbocycles. The van der Waals surface area contributed by atoms with E-state index in [2.05, 4.69) is 6.07 Å². The lowest BCUT2D eigenvalue weighted by atomic mass is 9.46. The first-order valence-electron chi connectivity index (χ1n) is 19.4. The maximum Gasteiger partial charge on any atom is 0.177 e. The summed E-state index contributed by atoms with van der Waals surface area (Å²) in [4.78, 5) is 0. The van der Waals surface area contributed by atoms with Gasteiger partial charge in [0.05, 0.1) is 17.1 Å². The SMILES string of the molecule is Nc1cc(Oc2cc(C34CC5CC(CC(C5)C3)C4)c(Oc3ccc(F)c(N)c3)c(C34CC5CC(CC(C5)C3)C4)c2Oc2ccc(F)c(N)c2)ccc1F. The van der Waals surface area contributed by atoms with Crippen LogP contribution in [0.25, 0.3) is 0 Å². The third-order valence-electron chi connectivity index (χ3n) is 13.9. The van der Waals surface area contributed by atoms with Gasteiger partial charge in [0.2, 0.25) is 0 Å². The minimum absolute atomic E-state index is 0.0160. The molecule has 0 atom stereocenters. The average molecular weight is 722 g/mol. The van der Waals surface area contributed by atoms with E-state index in [1.54, 1.807) is 24.3 Å². The molecule has 0 radical (unpaired) electrons. The molecule has 0 heterocycles. The summed E-state index contributed by atoms with van der Waals surface area (Å²) in [6.45, 7) is 0. The standard InChI is InChI=1S/C44H46F3N3O3/c45-33-4-1-29(13-36(33)48)51-39-16-32(43-17-23-7-24(18-43)9-25(8-23)19-43)41(52-30-2-5-34(46)37(49)14-30)40(42(39)53-31-3-6-35(47)38(50)15-31)44-20-26-10-27(21-44)12-28(11-26)22-44/h1-6,13-16,23-28H,7-12,17-22,48-50H2. The van der Waals surface area contributed by atoms with Crippen molar-refractivity contribution >= 4 is 17.1 Å². The predicted octanol–water partition coefficient (Wildman–Crippen LogP) is 11.2. The summed E-state index contributed by atoms with van der Waals surface area (Å²) in [5, 5.41) is 0. The molecule has 6 nitrogen and oxygen atoms in total. The van der Waals surface area contributed by atoms with Crippen molar-refractivity contribution in [2.45, 2.75) is 87.9 Å². The van der Waals surface area contributed by atoms with Crippen molar-refractivity contribution < 1.29 is 27.4 Å². The van der Waals surface area contributed by atoms with Crippen LogP contribution < -0.4 is 31.4 Å². The Kier molecular flexibility index (Phi) is 7.48. The Morgan fingerprint density at radius 1 is 0.453 bits per heavy atom. The van der Waals surface area contributed by atoms with Gasteiger partial charge in [0, 0.05) is 34.7 Å². The molecule has 0 saturated heterocycles. The molecule has 6 N–H and O–H groups in total.